The van der Waals surface area contributed by atoms with Gasteiger partial charge in [0.25, 0.3) is 0 Å². The minimum Gasteiger partial charge on any atom is -0.504 e. The molecule has 9 heteroatoms. The van der Waals surface area contributed by atoms with Crippen LogP contribution in [0.5, 0.6) is 11.5 Å². The van der Waals surface area contributed by atoms with E-state index in [0.29, 0.717) is 57.4 Å². The predicted molar refractivity (Wildman–Crippen MR) is 103 cm³/mol. The lowest BCUT2D eigenvalue weighted by atomic mass is 10.1. The zero-order valence-electron chi connectivity index (χ0n) is 16.6. The number of nitrogens with zero attached hydrogens (tertiary/aromatic N) is 3. The zero-order chi connectivity index (χ0) is 20.7. The SMILES string of the molecule is CCNC(=NCCc1ccc(O)c(OC)c1)N1CCN(C(C)C(F)(F)F)CC1. The number of nitrogens with one attached hydrogen (secondary N) is 1. The summed E-state index contributed by atoms with van der Waals surface area (Å²) in [6.45, 7) is 6.07. The van der Waals surface area contributed by atoms with E-state index in [9.17, 15) is 18.3 Å². The molecule has 0 spiro atoms. The van der Waals surface area contributed by atoms with Crippen LogP contribution in [0, 0.1) is 0 Å². The van der Waals surface area contributed by atoms with Gasteiger partial charge in [-0.15, -0.1) is 0 Å². The molecule has 0 bridgehead atoms. The summed E-state index contributed by atoms with van der Waals surface area (Å²) in [6.07, 6.45) is -3.54. The summed E-state index contributed by atoms with van der Waals surface area (Å²) in [5.41, 5.74) is 0.984. The first-order chi connectivity index (χ1) is 13.3. The van der Waals surface area contributed by atoms with Crippen molar-refractivity contribution in [3.63, 3.8) is 0 Å². The Kier molecular flexibility index (Phi) is 7.79. The average Bonchev–Trinajstić information content (AvgIpc) is 2.67. The number of rotatable bonds is 6. The molecule has 0 saturated carbocycles. The van der Waals surface area contributed by atoms with Gasteiger partial charge in [0.1, 0.15) is 6.04 Å². The third-order valence-electron chi connectivity index (χ3n) is 4.88. The standard InChI is InChI=1S/C19H29F3N4O2/c1-4-23-18(24-8-7-15-5-6-16(27)17(13-15)28-3)26-11-9-25(10-12-26)14(2)19(20,21)22/h5-6,13-14,27H,4,7-12H2,1-3H3,(H,23,24). The van der Waals surface area contributed by atoms with Crippen LogP contribution < -0.4 is 10.1 Å². The van der Waals surface area contributed by atoms with Crippen LogP contribution in [-0.4, -0.2) is 79.5 Å². The third kappa shape index (κ3) is 5.92. The molecule has 2 N–H and O–H groups in total. The third-order valence-corrected chi connectivity index (χ3v) is 4.88. The van der Waals surface area contributed by atoms with Gasteiger partial charge in [0.2, 0.25) is 0 Å². The van der Waals surface area contributed by atoms with Crippen molar-refractivity contribution in [1.82, 2.24) is 15.1 Å². The first-order valence-corrected chi connectivity index (χ1v) is 9.46. The molecule has 6 nitrogen and oxygen atoms in total. The zero-order valence-corrected chi connectivity index (χ0v) is 16.6. The number of phenols is 1. The summed E-state index contributed by atoms with van der Waals surface area (Å²) in [4.78, 5) is 8.08. The van der Waals surface area contributed by atoms with E-state index >= 15 is 0 Å². The minimum atomic E-state index is -4.20. The van der Waals surface area contributed by atoms with Crippen molar-refractivity contribution in [3.8, 4) is 11.5 Å². The smallest absolute Gasteiger partial charge is 0.403 e. The molecule has 1 aromatic rings. The van der Waals surface area contributed by atoms with Gasteiger partial charge in [-0.3, -0.25) is 9.89 Å². The molecular formula is C19H29F3N4O2. The second kappa shape index (κ2) is 9.86. The first-order valence-electron chi connectivity index (χ1n) is 9.46. The van der Waals surface area contributed by atoms with E-state index in [4.69, 9.17) is 4.74 Å². The Bertz CT molecular complexity index is 659. The number of guanidine groups is 1. The highest BCUT2D eigenvalue weighted by atomic mass is 19.4. The number of benzene rings is 1. The summed E-state index contributed by atoms with van der Waals surface area (Å²) >= 11 is 0. The van der Waals surface area contributed by atoms with Crippen LogP contribution in [0.4, 0.5) is 13.2 Å². The van der Waals surface area contributed by atoms with Gasteiger partial charge in [-0.25, -0.2) is 0 Å². The Morgan fingerprint density at radius 2 is 1.96 bits per heavy atom. The quantitative estimate of drug-likeness (QED) is 0.566. The van der Waals surface area contributed by atoms with Gasteiger partial charge in [-0.1, -0.05) is 6.07 Å². The highest BCUT2D eigenvalue weighted by molar-refractivity contribution is 5.80. The fourth-order valence-corrected chi connectivity index (χ4v) is 3.12. The predicted octanol–water partition coefficient (Wildman–Crippen LogP) is 2.48. The van der Waals surface area contributed by atoms with Crippen LogP contribution in [-0.2, 0) is 6.42 Å². The van der Waals surface area contributed by atoms with Gasteiger partial charge in [0, 0.05) is 39.3 Å². The molecule has 1 aliphatic rings. The number of phenolic OH excluding ortho intramolecular Hbond substituents is 1. The van der Waals surface area contributed by atoms with Crippen molar-refractivity contribution in [1.29, 1.82) is 0 Å². The van der Waals surface area contributed by atoms with Crippen LogP contribution in [0.25, 0.3) is 0 Å². The number of halogens is 3. The second-order valence-electron chi connectivity index (χ2n) is 6.73. The first kappa shape index (κ1) is 22.1. The fourth-order valence-electron chi connectivity index (χ4n) is 3.12. The number of alkyl halides is 3. The molecule has 1 aliphatic heterocycles. The number of hydrogen-bond acceptors (Lipinski definition) is 4. The minimum absolute atomic E-state index is 0.0917. The molecule has 1 unspecified atom stereocenters. The van der Waals surface area contributed by atoms with E-state index < -0.39 is 12.2 Å². The van der Waals surface area contributed by atoms with E-state index in [1.807, 2.05) is 17.9 Å². The molecule has 0 amide bonds. The molecule has 1 heterocycles. The van der Waals surface area contributed by atoms with E-state index in [-0.39, 0.29) is 5.75 Å². The van der Waals surface area contributed by atoms with E-state index in [2.05, 4.69) is 10.3 Å². The lowest BCUT2D eigenvalue weighted by Gasteiger charge is -2.39. The van der Waals surface area contributed by atoms with Crippen LogP contribution in [0.1, 0.15) is 19.4 Å². The van der Waals surface area contributed by atoms with Crippen molar-refractivity contribution in [3.05, 3.63) is 23.8 Å². The van der Waals surface area contributed by atoms with Crippen LogP contribution in [0.3, 0.4) is 0 Å². The van der Waals surface area contributed by atoms with Gasteiger partial charge >= 0.3 is 6.18 Å². The van der Waals surface area contributed by atoms with Crippen molar-refractivity contribution in [2.45, 2.75) is 32.5 Å². The van der Waals surface area contributed by atoms with Gasteiger partial charge in [-0.2, -0.15) is 13.2 Å². The normalized spacial score (nSPS) is 17.5. The highest BCUT2D eigenvalue weighted by Crippen LogP contribution is 2.27. The monoisotopic (exact) mass is 402 g/mol. The Balaban J connectivity index is 1.94. The maximum atomic E-state index is 12.9. The second-order valence-corrected chi connectivity index (χ2v) is 6.73. The summed E-state index contributed by atoms with van der Waals surface area (Å²) in [5, 5.41) is 12.9. The number of methoxy groups -OCH3 is 1. The molecule has 1 atom stereocenters. The Morgan fingerprint density at radius 1 is 1.29 bits per heavy atom. The summed E-state index contributed by atoms with van der Waals surface area (Å²) in [7, 11) is 1.50. The average molecular weight is 402 g/mol. The van der Waals surface area contributed by atoms with Gasteiger partial charge in [0.15, 0.2) is 17.5 Å². The molecule has 1 saturated heterocycles. The van der Waals surface area contributed by atoms with Crippen molar-refractivity contribution >= 4 is 5.96 Å². The van der Waals surface area contributed by atoms with Crippen LogP contribution in [0.2, 0.25) is 0 Å². The Hall–Kier alpha value is -2.16. The van der Waals surface area contributed by atoms with Crippen molar-refractivity contribution in [2.24, 2.45) is 4.99 Å². The molecular weight excluding hydrogens is 373 g/mol. The van der Waals surface area contributed by atoms with Gasteiger partial charge < -0.3 is 20.1 Å². The fraction of sp³-hybridized carbons (Fsp3) is 0.632. The number of hydrogen-bond donors (Lipinski definition) is 2. The number of aliphatic imine (C=N–C) groups is 1. The molecule has 28 heavy (non-hydrogen) atoms. The topological polar surface area (TPSA) is 60.3 Å². The Morgan fingerprint density at radius 3 is 2.54 bits per heavy atom. The Labute approximate surface area is 164 Å². The van der Waals surface area contributed by atoms with Crippen molar-refractivity contribution < 1.29 is 23.0 Å². The molecule has 0 aromatic heterocycles. The summed E-state index contributed by atoms with van der Waals surface area (Å²) in [6, 6.07) is 3.75. The molecule has 1 aromatic carbocycles. The largest absolute Gasteiger partial charge is 0.504 e. The molecule has 1 fully saturated rings. The van der Waals surface area contributed by atoms with E-state index in [1.165, 1.54) is 18.9 Å². The lowest BCUT2D eigenvalue weighted by molar-refractivity contribution is -0.181. The number of ether oxygens (including phenoxy) is 1. The molecule has 0 aliphatic carbocycles. The summed E-state index contributed by atoms with van der Waals surface area (Å²) < 4.78 is 43.8. The van der Waals surface area contributed by atoms with Gasteiger partial charge in [-0.05, 0) is 38.0 Å². The number of aromatic hydroxyl groups is 1. The molecule has 0 radical (unpaired) electrons. The molecule has 2 rings (SSSR count). The van der Waals surface area contributed by atoms with Gasteiger partial charge in [0.05, 0.1) is 7.11 Å². The van der Waals surface area contributed by atoms with Crippen LogP contribution >= 0.6 is 0 Å². The maximum absolute atomic E-state index is 12.9. The molecule has 158 valence electrons. The van der Waals surface area contributed by atoms with Crippen molar-refractivity contribution in [2.75, 3.05) is 46.4 Å². The van der Waals surface area contributed by atoms with E-state index in [0.717, 1.165) is 5.56 Å². The number of piperazine rings is 1. The summed E-state index contributed by atoms with van der Waals surface area (Å²) in [5.74, 6) is 1.23. The van der Waals surface area contributed by atoms with E-state index in [1.54, 1.807) is 12.1 Å². The lowest BCUT2D eigenvalue weighted by Crippen LogP contribution is -2.56. The maximum Gasteiger partial charge on any atom is 0.403 e. The van der Waals surface area contributed by atoms with Crippen LogP contribution in [0.15, 0.2) is 23.2 Å². The highest BCUT2D eigenvalue weighted by Gasteiger charge is 2.41.